The van der Waals surface area contributed by atoms with E-state index in [0.717, 1.165) is 25.7 Å². The summed E-state index contributed by atoms with van der Waals surface area (Å²) in [5.74, 6) is 0.947. The molecule has 0 radical (unpaired) electrons. The Hall–Kier alpha value is -0.120. The van der Waals surface area contributed by atoms with Gasteiger partial charge in [-0.2, -0.15) is 0 Å². The Labute approximate surface area is 119 Å². The lowest BCUT2D eigenvalue weighted by atomic mass is 9.86. The highest BCUT2D eigenvalue weighted by Gasteiger charge is 2.38. The topological polar surface area (TPSA) is 24.5 Å². The summed E-state index contributed by atoms with van der Waals surface area (Å²) in [6.07, 6.45) is 5.37. The Bertz CT molecular complexity index is 261. The number of ether oxygens (including phenoxy) is 1. The smallest absolute Gasteiger partial charge is 0.0547 e. The first-order valence-electron chi connectivity index (χ1n) is 8.17. The van der Waals surface area contributed by atoms with Gasteiger partial charge in [0.2, 0.25) is 0 Å². The zero-order valence-corrected chi connectivity index (χ0v) is 13.1. The van der Waals surface area contributed by atoms with Crippen molar-refractivity contribution in [3.63, 3.8) is 0 Å². The molecule has 2 unspecified atom stereocenters. The van der Waals surface area contributed by atoms with Gasteiger partial charge in [0.25, 0.3) is 0 Å². The maximum atomic E-state index is 5.71. The van der Waals surface area contributed by atoms with Gasteiger partial charge in [-0.25, -0.2) is 0 Å². The molecule has 0 bridgehead atoms. The minimum absolute atomic E-state index is 0.366. The molecule has 0 aromatic rings. The lowest BCUT2D eigenvalue weighted by Gasteiger charge is -2.33. The zero-order chi connectivity index (χ0) is 13.7. The second-order valence-electron chi connectivity index (χ2n) is 7.02. The Morgan fingerprint density at radius 3 is 2.89 bits per heavy atom. The largest absolute Gasteiger partial charge is 0.381 e. The van der Waals surface area contributed by atoms with Crippen LogP contribution < -0.4 is 5.32 Å². The highest BCUT2D eigenvalue weighted by Crippen LogP contribution is 2.32. The van der Waals surface area contributed by atoms with Crippen molar-refractivity contribution in [2.45, 2.75) is 52.5 Å². The maximum absolute atomic E-state index is 5.71. The molecule has 112 valence electrons. The monoisotopic (exact) mass is 268 g/mol. The first kappa shape index (κ1) is 15.3. The third-order valence-corrected chi connectivity index (χ3v) is 4.70. The minimum Gasteiger partial charge on any atom is -0.381 e. The first-order valence-corrected chi connectivity index (χ1v) is 8.17. The number of nitrogens with zero attached hydrogens (tertiary/aromatic N) is 1. The van der Waals surface area contributed by atoms with E-state index >= 15 is 0 Å². The van der Waals surface area contributed by atoms with Crippen molar-refractivity contribution in [3.05, 3.63) is 0 Å². The molecule has 3 heteroatoms. The van der Waals surface area contributed by atoms with Crippen molar-refractivity contribution >= 4 is 0 Å². The quantitative estimate of drug-likeness (QED) is 0.768. The molecule has 0 amide bonds. The molecular weight excluding hydrogens is 236 g/mol. The van der Waals surface area contributed by atoms with E-state index in [4.69, 9.17) is 4.74 Å². The highest BCUT2D eigenvalue weighted by atomic mass is 16.5. The zero-order valence-electron chi connectivity index (χ0n) is 13.1. The lowest BCUT2D eigenvalue weighted by Crippen LogP contribution is -2.45. The molecule has 2 saturated heterocycles. The van der Waals surface area contributed by atoms with Crippen LogP contribution >= 0.6 is 0 Å². The van der Waals surface area contributed by atoms with Gasteiger partial charge in [0.05, 0.1) is 6.61 Å². The van der Waals surface area contributed by atoms with Crippen LogP contribution in [0.2, 0.25) is 0 Å². The second kappa shape index (κ2) is 7.05. The van der Waals surface area contributed by atoms with E-state index in [2.05, 4.69) is 31.0 Å². The molecule has 0 aromatic heterocycles. The van der Waals surface area contributed by atoms with Crippen LogP contribution in [0.5, 0.6) is 0 Å². The molecular formula is C16H32N2O. The fraction of sp³-hybridized carbons (Fsp3) is 1.00. The summed E-state index contributed by atoms with van der Waals surface area (Å²) < 4.78 is 5.71. The standard InChI is InChI=1S/C16H32N2O/c1-4-5-15-6-8-18(10-15)12-16(7-9-19-13-16)11-17-14(2)3/h14-15,17H,4-13H2,1-3H3. The van der Waals surface area contributed by atoms with E-state index in [-0.39, 0.29) is 0 Å². The van der Waals surface area contributed by atoms with Gasteiger partial charge in [-0.15, -0.1) is 0 Å². The van der Waals surface area contributed by atoms with Crippen LogP contribution in [-0.4, -0.2) is 50.3 Å². The third kappa shape index (κ3) is 4.44. The molecule has 2 fully saturated rings. The van der Waals surface area contributed by atoms with Gasteiger partial charge in [-0.1, -0.05) is 27.2 Å². The van der Waals surface area contributed by atoms with Crippen LogP contribution in [0.15, 0.2) is 0 Å². The first-order chi connectivity index (χ1) is 9.13. The number of hydrogen-bond acceptors (Lipinski definition) is 3. The Kier molecular flexibility index (Phi) is 5.67. The summed E-state index contributed by atoms with van der Waals surface area (Å²) >= 11 is 0. The molecule has 1 N–H and O–H groups in total. The average molecular weight is 268 g/mol. The molecule has 2 aliphatic rings. The van der Waals surface area contributed by atoms with E-state index in [1.165, 1.54) is 45.3 Å². The summed E-state index contributed by atoms with van der Waals surface area (Å²) in [6.45, 7) is 13.6. The molecule has 3 nitrogen and oxygen atoms in total. The minimum atomic E-state index is 0.366. The van der Waals surface area contributed by atoms with Gasteiger partial charge >= 0.3 is 0 Å². The third-order valence-electron chi connectivity index (χ3n) is 4.70. The number of nitrogens with one attached hydrogen (secondary N) is 1. The summed E-state index contributed by atoms with van der Waals surface area (Å²) in [5.41, 5.74) is 0.366. The van der Waals surface area contributed by atoms with Crippen LogP contribution in [-0.2, 0) is 4.74 Å². The van der Waals surface area contributed by atoms with Crippen LogP contribution in [0.3, 0.4) is 0 Å². The Morgan fingerprint density at radius 2 is 2.26 bits per heavy atom. The van der Waals surface area contributed by atoms with E-state index in [1.54, 1.807) is 0 Å². The summed E-state index contributed by atoms with van der Waals surface area (Å²) in [7, 11) is 0. The normalized spacial score (nSPS) is 32.5. The molecule has 0 saturated carbocycles. The number of hydrogen-bond donors (Lipinski definition) is 1. The van der Waals surface area contributed by atoms with E-state index in [1.807, 2.05) is 0 Å². The van der Waals surface area contributed by atoms with Crippen molar-refractivity contribution < 1.29 is 4.74 Å². The Balaban J connectivity index is 1.83. The molecule has 2 rings (SSSR count). The van der Waals surface area contributed by atoms with Gasteiger partial charge < -0.3 is 15.0 Å². The maximum Gasteiger partial charge on any atom is 0.0547 e. The van der Waals surface area contributed by atoms with Crippen molar-refractivity contribution in [2.24, 2.45) is 11.3 Å². The van der Waals surface area contributed by atoms with E-state index in [0.29, 0.717) is 11.5 Å². The number of rotatable bonds is 7. The summed E-state index contributed by atoms with van der Waals surface area (Å²) in [5, 5.41) is 3.63. The van der Waals surface area contributed by atoms with E-state index in [9.17, 15) is 0 Å². The van der Waals surface area contributed by atoms with Gasteiger partial charge in [0, 0.05) is 37.7 Å². The Morgan fingerprint density at radius 1 is 1.42 bits per heavy atom. The van der Waals surface area contributed by atoms with Crippen molar-refractivity contribution in [1.82, 2.24) is 10.2 Å². The van der Waals surface area contributed by atoms with Crippen LogP contribution in [0, 0.1) is 11.3 Å². The molecule has 2 atom stereocenters. The van der Waals surface area contributed by atoms with Crippen molar-refractivity contribution in [2.75, 3.05) is 39.4 Å². The van der Waals surface area contributed by atoms with Gasteiger partial charge in [0.1, 0.15) is 0 Å². The van der Waals surface area contributed by atoms with Gasteiger partial charge in [-0.05, 0) is 31.7 Å². The predicted octanol–water partition coefficient (Wildman–Crippen LogP) is 2.51. The predicted molar refractivity (Wildman–Crippen MR) is 80.5 cm³/mol. The fourth-order valence-corrected chi connectivity index (χ4v) is 3.56. The number of likely N-dealkylation sites (tertiary alicyclic amines) is 1. The van der Waals surface area contributed by atoms with Gasteiger partial charge in [0.15, 0.2) is 0 Å². The summed E-state index contributed by atoms with van der Waals surface area (Å²) in [6, 6.07) is 0.573. The molecule has 0 aromatic carbocycles. The second-order valence-corrected chi connectivity index (χ2v) is 7.02. The van der Waals surface area contributed by atoms with Crippen LogP contribution in [0.4, 0.5) is 0 Å². The average Bonchev–Trinajstić information content (AvgIpc) is 2.99. The van der Waals surface area contributed by atoms with E-state index < -0.39 is 0 Å². The van der Waals surface area contributed by atoms with Crippen molar-refractivity contribution in [1.29, 1.82) is 0 Å². The van der Waals surface area contributed by atoms with Crippen molar-refractivity contribution in [3.8, 4) is 0 Å². The molecule has 2 aliphatic heterocycles. The molecule has 19 heavy (non-hydrogen) atoms. The highest BCUT2D eigenvalue weighted by molar-refractivity contribution is 4.91. The lowest BCUT2D eigenvalue weighted by molar-refractivity contribution is 0.115. The van der Waals surface area contributed by atoms with Gasteiger partial charge in [-0.3, -0.25) is 0 Å². The fourth-order valence-electron chi connectivity index (χ4n) is 3.56. The molecule has 0 spiro atoms. The molecule has 2 heterocycles. The summed E-state index contributed by atoms with van der Waals surface area (Å²) in [4.78, 5) is 2.69. The molecule has 0 aliphatic carbocycles. The van der Waals surface area contributed by atoms with Crippen LogP contribution in [0.1, 0.15) is 46.5 Å². The SMILES string of the molecule is CCCC1CCN(CC2(CNC(C)C)CCOC2)C1. The van der Waals surface area contributed by atoms with Crippen LogP contribution in [0.25, 0.3) is 0 Å².